The van der Waals surface area contributed by atoms with Crippen LogP contribution in [0.3, 0.4) is 0 Å². The first-order valence-electron chi connectivity index (χ1n) is 14.6. The van der Waals surface area contributed by atoms with E-state index in [-0.39, 0.29) is 23.2 Å². The Bertz CT molecular complexity index is 1790. The Morgan fingerprint density at radius 3 is 2.24 bits per heavy atom. The fourth-order valence-corrected chi connectivity index (χ4v) is 6.71. The molecule has 0 radical (unpaired) electrons. The van der Waals surface area contributed by atoms with Crippen molar-refractivity contribution in [1.29, 1.82) is 0 Å². The normalized spacial score (nSPS) is 15.8. The summed E-state index contributed by atoms with van der Waals surface area (Å²) in [7, 11) is 0.554. The van der Waals surface area contributed by atoms with Gasteiger partial charge in [0.25, 0.3) is 0 Å². The molecule has 4 aromatic rings. The molecule has 3 aromatic carbocycles. The number of alkyl halides is 3. The Hall–Kier alpha value is -3.99. The number of rotatable bonds is 7. The number of anilines is 1. The first-order valence-corrected chi connectivity index (χ1v) is 16.1. The first kappa shape index (κ1) is 32.4. The lowest BCUT2D eigenvalue weighted by Gasteiger charge is -2.29. The number of fused-ring (bicyclic) bond motifs is 1. The van der Waals surface area contributed by atoms with Crippen molar-refractivity contribution in [2.75, 3.05) is 36.6 Å². The van der Waals surface area contributed by atoms with Crippen LogP contribution in [0.25, 0.3) is 10.9 Å². The van der Waals surface area contributed by atoms with Crippen molar-refractivity contribution in [2.45, 2.75) is 44.9 Å². The van der Waals surface area contributed by atoms with Crippen LogP contribution in [0.1, 0.15) is 49.1 Å². The Kier molecular flexibility index (Phi) is 9.21. The van der Waals surface area contributed by atoms with Gasteiger partial charge in [-0.25, -0.2) is 9.38 Å². The molecule has 0 bridgehead atoms. The third-order valence-electron chi connectivity index (χ3n) is 8.31. The summed E-state index contributed by atoms with van der Waals surface area (Å²) < 4.78 is 74.7. The molecular weight excluding hydrogens is 606 g/mol. The summed E-state index contributed by atoms with van der Waals surface area (Å²) in [6, 6.07) is 16.6. The molecule has 0 saturated carbocycles. The number of hydrogen-bond acceptors (Lipinski definition) is 5. The van der Waals surface area contributed by atoms with Crippen molar-refractivity contribution in [1.82, 2.24) is 4.57 Å². The second kappa shape index (κ2) is 12.8. The van der Waals surface area contributed by atoms with Crippen LogP contribution in [0.15, 0.2) is 82.7 Å². The van der Waals surface area contributed by atoms with Crippen LogP contribution in [-0.2, 0) is 33.7 Å². The van der Waals surface area contributed by atoms with Gasteiger partial charge < -0.3 is 14.2 Å². The number of hydrogen-bond donors (Lipinski definition) is 0. The number of halogens is 4. The van der Waals surface area contributed by atoms with Crippen molar-refractivity contribution in [3.8, 4) is 0 Å². The molecule has 1 saturated heterocycles. The van der Waals surface area contributed by atoms with E-state index in [0.717, 1.165) is 17.7 Å². The second-order valence-corrected chi connectivity index (χ2v) is 13.4. The maximum Gasteiger partial charge on any atom is 0.416 e. The van der Waals surface area contributed by atoms with Crippen LogP contribution >= 0.6 is 0 Å². The van der Waals surface area contributed by atoms with Crippen LogP contribution in [-0.4, -0.2) is 46.4 Å². The van der Waals surface area contributed by atoms with Crippen molar-refractivity contribution in [3.05, 3.63) is 111 Å². The number of pyridine rings is 1. The van der Waals surface area contributed by atoms with Crippen molar-refractivity contribution in [3.63, 3.8) is 0 Å². The number of ether oxygens (including phenoxy) is 1. The molecule has 1 aromatic heterocycles. The maximum atomic E-state index is 15.6. The summed E-state index contributed by atoms with van der Waals surface area (Å²) in [5.74, 6) is 0.639. The standard InChI is InChI=1S/C34H35F4N3O3S/c1-22(39-32(44-4)33(2,3)24-8-6-5-7-9-24)27-21-41(20-23-10-12-25(13-11-23)34(36,37)38)29-19-30(28(35)18-26(29)31(27)42)40-14-16-45(43)17-15-40/h5-13,18-19,21-22H,14-17,20H2,1-4H3. The fourth-order valence-electron chi connectivity index (χ4n) is 5.66. The molecule has 0 aliphatic carbocycles. The number of aromatic nitrogens is 1. The third-order valence-corrected chi connectivity index (χ3v) is 9.59. The molecule has 1 unspecified atom stereocenters. The number of benzene rings is 3. The highest BCUT2D eigenvalue weighted by Crippen LogP contribution is 2.32. The van der Waals surface area contributed by atoms with E-state index in [1.165, 1.54) is 25.3 Å². The SMILES string of the molecule is COC(=NC(C)c1cn(Cc2ccc(C(F)(F)F)cc2)c2cc(N3CCS(=O)CC3)c(F)cc2c1=O)C(C)(C)c1ccccc1. The highest BCUT2D eigenvalue weighted by Gasteiger charge is 2.31. The molecule has 238 valence electrons. The van der Waals surface area contributed by atoms with Gasteiger partial charge in [0.2, 0.25) is 0 Å². The first-order chi connectivity index (χ1) is 21.3. The molecule has 5 rings (SSSR count). The van der Waals surface area contributed by atoms with E-state index >= 15 is 4.39 Å². The number of methoxy groups -OCH3 is 1. The zero-order valence-electron chi connectivity index (χ0n) is 25.5. The summed E-state index contributed by atoms with van der Waals surface area (Å²) in [6.07, 6.45) is -2.83. The van der Waals surface area contributed by atoms with Crippen LogP contribution in [0.2, 0.25) is 0 Å². The molecule has 0 amide bonds. The van der Waals surface area contributed by atoms with Gasteiger partial charge in [-0.15, -0.1) is 0 Å². The molecule has 0 spiro atoms. The zero-order chi connectivity index (χ0) is 32.5. The van der Waals surface area contributed by atoms with E-state index in [1.807, 2.05) is 44.2 Å². The monoisotopic (exact) mass is 641 g/mol. The quantitative estimate of drug-likeness (QED) is 0.126. The van der Waals surface area contributed by atoms with E-state index in [4.69, 9.17) is 9.73 Å². The van der Waals surface area contributed by atoms with Gasteiger partial charge in [-0.2, -0.15) is 13.2 Å². The highest BCUT2D eigenvalue weighted by atomic mass is 32.2. The van der Waals surface area contributed by atoms with Crippen LogP contribution in [0, 0.1) is 5.82 Å². The topological polar surface area (TPSA) is 63.9 Å². The molecule has 6 nitrogen and oxygen atoms in total. The lowest BCUT2D eigenvalue weighted by molar-refractivity contribution is -0.137. The van der Waals surface area contributed by atoms with E-state index in [9.17, 15) is 22.2 Å². The van der Waals surface area contributed by atoms with Gasteiger partial charge in [0.05, 0.1) is 35.3 Å². The van der Waals surface area contributed by atoms with Gasteiger partial charge in [-0.05, 0) is 56.2 Å². The lowest BCUT2D eigenvalue weighted by atomic mass is 9.84. The second-order valence-electron chi connectivity index (χ2n) is 11.7. The van der Waals surface area contributed by atoms with Gasteiger partial charge in [-0.3, -0.25) is 9.00 Å². The molecule has 45 heavy (non-hydrogen) atoms. The summed E-state index contributed by atoms with van der Waals surface area (Å²) in [5, 5.41) is 0.129. The number of aliphatic imine (C=N–C) groups is 1. The van der Waals surface area contributed by atoms with Gasteiger partial charge in [-0.1, -0.05) is 42.5 Å². The lowest BCUT2D eigenvalue weighted by Crippen LogP contribution is -2.38. The van der Waals surface area contributed by atoms with Gasteiger partial charge >= 0.3 is 6.18 Å². The van der Waals surface area contributed by atoms with E-state index < -0.39 is 45.2 Å². The average Bonchev–Trinajstić information content (AvgIpc) is 3.01. The van der Waals surface area contributed by atoms with E-state index in [0.29, 0.717) is 41.6 Å². The molecular formula is C34H35F4N3O3S. The molecule has 0 N–H and O–H groups in total. The largest absolute Gasteiger partial charge is 0.484 e. The number of nitrogens with zero attached hydrogens (tertiary/aromatic N) is 3. The average molecular weight is 642 g/mol. The Morgan fingerprint density at radius 1 is 1.00 bits per heavy atom. The summed E-state index contributed by atoms with van der Waals surface area (Å²) in [4.78, 5) is 20.6. The summed E-state index contributed by atoms with van der Waals surface area (Å²) in [5.41, 5.74) is 0.740. The predicted molar refractivity (Wildman–Crippen MR) is 171 cm³/mol. The Labute approximate surface area is 261 Å². The van der Waals surface area contributed by atoms with Gasteiger partial charge in [0, 0.05) is 59.1 Å². The van der Waals surface area contributed by atoms with Crippen LogP contribution in [0.5, 0.6) is 0 Å². The Morgan fingerprint density at radius 2 is 1.64 bits per heavy atom. The summed E-state index contributed by atoms with van der Waals surface area (Å²) in [6.45, 7) is 6.61. The maximum absolute atomic E-state index is 15.6. The smallest absolute Gasteiger partial charge is 0.416 e. The molecule has 11 heteroatoms. The molecule has 1 fully saturated rings. The highest BCUT2D eigenvalue weighted by molar-refractivity contribution is 7.85. The van der Waals surface area contributed by atoms with Crippen molar-refractivity contribution < 1.29 is 26.5 Å². The third kappa shape index (κ3) is 6.83. The molecule has 1 aliphatic heterocycles. The van der Waals surface area contributed by atoms with E-state index in [2.05, 4.69) is 0 Å². The zero-order valence-corrected chi connectivity index (χ0v) is 26.3. The molecule has 1 atom stereocenters. The predicted octanol–water partition coefficient (Wildman–Crippen LogP) is 6.86. The molecule has 2 heterocycles. The van der Waals surface area contributed by atoms with Crippen LogP contribution < -0.4 is 10.3 Å². The molecule has 1 aliphatic rings. The van der Waals surface area contributed by atoms with Crippen molar-refractivity contribution in [2.24, 2.45) is 4.99 Å². The van der Waals surface area contributed by atoms with Gasteiger partial charge in [0.15, 0.2) is 11.3 Å². The fraction of sp³-hybridized carbons (Fsp3) is 0.353. The van der Waals surface area contributed by atoms with E-state index in [1.54, 1.807) is 28.7 Å². The Balaban J connectivity index is 1.63. The van der Waals surface area contributed by atoms with Crippen LogP contribution in [0.4, 0.5) is 23.2 Å². The minimum atomic E-state index is -4.47. The van der Waals surface area contributed by atoms with Crippen molar-refractivity contribution >= 4 is 33.3 Å². The minimum absolute atomic E-state index is 0.125. The minimum Gasteiger partial charge on any atom is -0.484 e. The summed E-state index contributed by atoms with van der Waals surface area (Å²) >= 11 is 0. The van der Waals surface area contributed by atoms with Gasteiger partial charge in [0.1, 0.15) is 5.82 Å².